The molecule has 1 atom stereocenters. The highest BCUT2D eigenvalue weighted by Crippen LogP contribution is 2.38. The fraction of sp³-hybridized carbons (Fsp3) is 0.611. The Kier molecular flexibility index (Phi) is 6.13. The van der Waals surface area contributed by atoms with Gasteiger partial charge < -0.3 is 19.5 Å². The summed E-state index contributed by atoms with van der Waals surface area (Å²) >= 11 is 0. The van der Waals surface area contributed by atoms with Gasteiger partial charge in [0.25, 0.3) is 5.91 Å². The van der Waals surface area contributed by atoms with E-state index in [0.717, 1.165) is 0 Å². The number of nitrogens with one attached hydrogen (secondary N) is 1. The van der Waals surface area contributed by atoms with Crippen molar-refractivity contribution in [1.29, 1.82) is 0 Å². The van der Waals surface area contributed by atoms with Crippen molar-refractivity contribution in [2.24, 2.45) is 5.92 Å². The molecule has 1 aromatic rings. The van der Waals surface area contributed by atoms with E-state index in [1.165, 1.54) is 32.1 Å². The molecule has 1 aromatic carbocycles. The van der Waals surface area contributed by atoms with Crippen LogP contribution in [0.2, 0.25) is 0 Å². The van der Waals surface area contributed by atoms with E-state index in [-0.39, 0.29) is 11.9 Å². The van der Waals surface area contributed by atoms with Crippen molar-refractivity contribution in [1.82, 2.24) is 5.32 Å². The molecule has 1 amide bonds. The van der Waals surface area contributed by atoms with Crippen molar-refractivity contribution < 1.29 is 19.0 Å². The summed E-state index contributed by atoms with van der Waals surface area (Å²) in [5.41, 5.74) is 0.516. The lowest BCUT2D eigenvalue weighted by Crippen LogP contribution is -2.38. The van der Waals surface area contributed by atoms with Gasteiger partial charge in [0.15, 0.2) is 11.5 Å². The third-order valence-corrected chi connectivity index (χ3v) is 4.64. The molecule has 0 aromatic heterocycles. The van der Waals surface area contributed by atoms with Crippen LogP contribution in [0.5, 0.6) is 17.2 Å². The highest BCUT2D eigenvalue weighted by molar-refractivity contribution is 5.95. The lowest BCUT2D eigenvalue weighted by atomic mass is 9.84. The van der Waals surface area contributed by atoms with Gasteiger partial charge in [0.2, 0.25) is 5.75 Å². The van der Waals surface area contributed by atoms with Crippen LogP contribution in [0, 0.1) is 5.92 Å². The van der Waals surface area contributed by atoms with Crippen molar-refractivity contribution in [3.05, 3.63) is 17.7 Å². The second-order valence-corrected chi connectivity index (χ2v) is 6.07. The summed E-state index contributed by atoms with van der Waals surface area (Å²) < 4.78 is 15.9. The number of hydrogen-bond acceptors (Lipinski definition) is 4. The minimum absolute atomic E-state index is 0.109. The molecular formula is C18H27NO4. The second-order valence-electron chi connectivity index (χ2n) is 6.07. The number of carbonyl (C=O) groups is 1. The van der Waals surface area contributed by atoms with Crippen molar-refractivity contribution in [2.75, 3.05) is 21.3 Å². The number of rotatable bonds is 6. The first-order valence-corrected chi connectivity index (χ1v) is 8.21. The van der Waals surface area contributed by atoms with Gasteiger partial charge in [-0.05, 0) is 37.8 Å². The first-order chi connectivity index (χ1) is 11.1. The van der Waals surface area contributed by atoms with E-state index in [9.17, 15) is 4.79 Å². The molecule has 0 aliphatic heterocycles. The lowest BCUT2D eigenvalue weighted by molar-refractivity contribution is 0.0918. The van der Waals surface area contributed by atoms with Gasteiger partial charge in [0.1, 0.15) is 0 Å². The van der Waals surface area contributed by atoms with E-state index < -0.39 is 0 Å². The fourth-order valence-electron chi connectivity index (χ4n) is 3.25. The number of carbonyl (C=O) groups excluding carboxylic acids is 1. The Morgan fingerprint density at radius 3 is 2.09 bits per heavy atom. The van der Waals surface area contributed by atoms with Crippen molar-refractivity contribution in [3.63, 3.8) is 0 Å². The van der Waals surface area contributed by atoms with Gasteiger partial charge in [0.05, 0.1) is 21.3 Å². The quantitative estimate of drug-likeness (QED) is 0.872. The molecule has 5 nitrogen and oxygen atoms in total. The van der Waals surface area contributed by atoms with Gasteiger partial charge in [-0.2, -0.15) is 0 Å². The maximum atomic E-state index is 12.6. The zero-order valence-electron chi connectivity index (χ0n) is 14.5. The first-order valence-electron chi connectivity index (χ1n) is 8.21. The molecule has 0 bridgehead atoms. The summed E-state index contributed by atoms with van der Waals surface area (Å²) in [6.07, 6.45) is 6.21. The molecule has 0 heterocycles. The van der Waals surface area contributed by atoms with Crippen LogP contribution in [0.3, 0.4) is 0 Å². The predicted octanol–water partition coefficient (Wildman–Crippen LogP) is 3.41. The summed E-state index contributed by atoms with van der Waals surface area (Å²) in [4.78, 5) is 12.6. The summed E-state index contributed by atoms with van der Waals surface area (Å²) in [6, 6.07) is 3.54. The van der Waals surface area contributed by atoms with Crippen LogP contribution in [-0.2, 0) is 0 Å². The van der Waals surface area contributed by atoms with Gasteiger partial charge in [-0.1, -0.05) is 19.3 Å². The summed E-state index contributed by atoms with van der Waals surface area (Å²) in [6.45, 7) is 2.09. The van der Waals surface area contributed by atoms with Gasteiger partial charge in [-0.3, -0.25) is 4.79 Å². The van der Waals surface area contributed by atoms with Gasteiger partial charge in [0, 0.05) is 11.6 Å². The van der Waals surface area contributed by atoms with Crippen LogP contribution < -0.4 is 19.5 Å². The van der Waals surface area contributed by atoms with Crippen LogP contribution in [0.4, 0.5) is 0 Å². The molecular weight excluding hydrogens is 294 g/mol. The average molecular weight is 321 g/mol. The SMILES string of the molecule is COc1cc(C(=O)N[C@@H](C)C2CCCCC2)cc(OC)c1OC. The molecule has 1 saturated carbocycles. The number of ether oxygens (including phenoxy) is 3. The standard InChI is InChI=1S/C18H27NO4/c1-12(13-8-6-5-7-9-13)19-18(20)14-10-15(21-2)17(23-4)16(11-14)22-3/h10-13H,5-9H2,1-4H3,(H,19,20)/t12-/m0/s1. The molecule has 2 rings (SSSR count). The Labute approximate surface area is 138 Å². The Bertz CT molecular complexity index is 513. The summed E-state index contributed by atoms with van der Waals surface area (Å²) in [5.74, 6) is 1.92. The molecule has 0 spiro atoms. The van der Waals surface area contributed by atoms with Crippen molar-refractivity contribution in [3.8, 4) is 17.2 Å². The second kappa shape index (κ2) is 8.09. The molecule has 128 valence electrons. The topological polar surface area (TPSA) is 56.8 Å². The first kappa shape index (κ1) is 17.4. The Morgan fingerprint density at radius 1 is 1.04 bits per heavy atom. The monoisotopic (exact) mass is 321 g/mol. The van der Waals surface area contributed by atoms with Crippen LogP contribution >= 0.6 is 0 Å². The maximum Gasteiger partial charge on any atom is 0.251 e. The van der Waals surface area contributed by atoms with Crippen LogP contribution in [-0.4, -0.2) is 33.3 Å². The fourth-order valence-corrected chi connectivity index (χ4v) is 3.25. The number of methoxy groups -OCH3 is 3. The zero-order chi connectivity index (χ0) is 16.8. The molecule has 1 fully saturated rings. The van der Waals surface area contributed by atoms with E-state index in [1.807, 2.05) is 0 Å². The van der Waals surface area contributed by atoms with E-state index in [0.29, 0.717) is 28.7 Å². The van der Waals surface area contributed by atoms with Crippen LogP contribution in [0.25, 0.3) is 0 Å². The molecule has 1 N–H and O–H groups in total. The van der Waals surface area contributed by atoms with E-state index in [4.69, 9.17) is 14.2 Å². The van der Waals surface area contributed by atoms with Gasteiger partial charge in [-0.25, -0.2) is 0 Å². The van der Waals surface area contributed by atoms with Crippen molar-refractivity contribution >= 4 is 5.91 Å². The maximum absolute atomic E-state index is 12.6. The minimum atomic E-state index is -0.109. The molecule has 23 heavy (non-hydrogen) atoms. The largest absolute Gasteiger partial charge is 0.493 e. The highest BCUT2D eigenvalue weighted by Gasteiger charge is 2.23. The van der Waals surface area contributed by atoms with Crippen molar-refractivity contribution in [2.45, 2.75) is 45.1 Å². The van der Waals surface area contributed by atoms with E-state index in [1.54, 1.807) is 33.5 Å². The number of hydrogen-bond donors (Lipinski definition) is 1. The third kappa shape index (κ3) is 4.09. The summed E-state index contributed by atoms with van der Waals surface area (Å²) in [7, 11) is 4.64. The van der Waals surface area contributed by atoms with Crippen LogP contribution in [0.15, 0.2) is 12.1 Å². The van der Waals surface area contributed by atoms with Gasteiger partial charge >= 0.3 is 0 Å². The Balaban J connectivity index is 2.15. The minimum Gasteiger partial charge on any atom is -0.493 e. The Hall–Kier alpha value is -1.91. The lowest BCUT2D eigenvalue weighted by Gasteiger charge is -2.28. The number of amides is 1. The molecule has 0 unspecified atom stereocenters. The van der Waals surface area contributed by atoms with E-state index >= 15 is 0 Å². The smallest absolute Gasteiger partial charge is 0.251 e. The molecule has 1 aliphatic carbocycles. The molecule has 0 saturated heterocycles. The molecule has 1 aliphatic rings. The van der Waals surface area contributed by atoms with Crippen LogP contribution in [0.1, 0.15) is 49.4 Å². The average Bonchev–Trinajstić information content (AvgIpc) is 2.60. The van der Waals surface area contributed by atoms with E-state index in [2.05, 4.69) is 12.2 Å². The summed E-state index contributed by atoms with van der Waals surface area (Å²) in [5, 5.41) is 3.12. The van der Waals surface area contributed by atoms with Gasteiger partial charge in [-0.15, -0.1) is 0 Å². The normalized spacial score (nSPS) is 16.5. The third-order valence-electron chi connectivity index (χ3n) is 4.64. The highest BCUT2D eigenvalue weighted by atomic mass is 16.5. The molecule has 0 radical (unpaired) electrons. The predicted molar refractivity (Wildman–Crippen MR) is 89.6 cm³/mol. The Morgan fingerprint density at radius 2 is 1.61 bits per heavy atom. The zero-order valence-corrected chi connectivity index (χ0v) is 14.5. The molecule has 5 heteroatoms. The number of benzene rings is 1.